The van der Waals surface area contributed by atoms with E-state index >= 15 is 0 Å². The van der Waals surface area contributed by atoms with E-state index < -0.39 is 32.6 Å². The fraction of sp³-hybridized carbons (Fsp3) is 0.640. The Morgan fingerprint density at radius 3 is 1.65 bits per heavy atom. The highest BCUT2D eigenvalue weighted by atomic mass is 31.2. The van der Waals surface area contributed by atoms with E-state index in [1.54, 1.807) is 0 Å². The highest BCUT2D eigenvalue weighted by Gasteiger charge is 2.37. The van der Waals surface area contributed by atoms with Gasteiger partial charge in [0, 0.05) is 23.6 Å². The monoisotopic (exact) mass is 851 g/mol. The first-order valence-electron chi connectivity index (χ1n) is 23.4. The molecule has 0 aliphatic heterocycles. The number of benzene rings is 4. The minimum atomic E-state index is -4.56. The van der Waals surface area contributed by atoms with Crippen LogP contribution >= 0.6 is 7.82 Å². The Hall–Kier alpha value is -3.07. The van der Waals surface area contributed by atoms with Crippen LogP contribution < -0.4 is 4.74 Å². The molecule has 10 heteroatoms. The maximum absolute atomic E-state index is 14.2. The molecule has 60 heavy (non-hydrogen) atoms. The van der Waals surface area contributed by atoms with Crippen LogP contribution in [0.1, 0.15) is 155 Å². The molecule has 1 N–H and O–H groups in total. The maximum Gasteiger partial charge on any atom is 0.472 e. The molecule has 0 saturated carbocycles. The van der Waals surface area contributed by atoms with E-state index in [0.717, 1.165) is 70.8 Å². The summed E-state index contributed by atoms with van der Waals surface area (Å²) in [4.78, 5) is 38.6. The number of hydrogen-bond acceptors (Lipinski definition) is 7. The third-order valence-electron chi connectivity index (χ3n) is 11.6. The zero-order chi connectivity index (χ0) is 43.2. The lowest BCUT2D eigenvalue weighted by Crippen LogP contribution is -2.44. The molecule has 2 unspecified atom stereocenters. The van der Waals surface area contributed by atoms with Gasteiger partial charge in [-0.3, -0.25) is 18.6 Å². The van der Waals surface area contributed by atoms with Gasteiger partial charge in [-0.25, -0.2) is 4.57 Å². The lowest BCUT2D eigenvalue weighted by Gasteiger charge is -2.28. The first kappa shape index (κ1) is 49.6. The zero-order valence-corrected chi connectivity index (χ0v) is 38.6. The highest BCUT2D eigenvalue weighted by molar-refractivity contribution is 7.47. The van der Waals surface area contributed by atoms with Crippen molar-refractivity contribution >= 4 is 51.9 Å². The van der Waals surface area contributed by atoms with Gasteiger partial charge in [-0.05, 0) is 46.5 Å². The van der Waals surface area contributed by atoms with E-state index in [0.29, 0.717) is 29.6 Å². The molecule has 9 nitrogen and oxygen atoms in total. The SMILES string of the molecule is CCCCCCCCCCCCCCCC(=O)OC(C(=O)CCCCCCCCC)[C@H](COP(=O)(O)OCC[N+](C)(C)C)Oc1ccc2ccc3cccc4ccc1c2c34. The molecule has 4 aromatic rings. The van der Waals surface area contributed by atoms with Crippen molar-refractivity contribution in [2.75, 3.05) is 40.9 Å². The molecule has 0 radical (unpaired) electrons. The van der Waals surface area contributed by atoms with E-state index in [2.05, 4.69) is 38.1 Å². The molecule has 0 bridgehead atoms. The predicted molar refractivity (Wildman–Crippen MR) is 247 cm³/mol. The van der Waals surface area contributed by atoms with Gasteiger partial charge in [-0.2, -0.15) is 0 Å². The number of phosphoric ester groups is 1. The fourth-order valence-electron chi connectivity index (χ4n) is 8.03. The number of Topliss-reactive ketones (excluding diaryl/α,β-unsaturated/α-hetero) is 1. The quantitative estimate of drug-likeness (QED) is 0.0163. The van der Waals surface area contributed by atoms with Gasteiger partial charge in [0.25, 0.3) is 0 Å². The van der Waals surface area contributed by atoms with Crippen LogP contribution in [0.4, 0.5) is 0 Å². The molecular weight excluding hydrogens is 774 g/mol. The number of rotatable bonds is 34. The number of hydrogen-bond donors (Lipinski definition) is 1. The van der Waals surface area contributed by atoms with Crippen molar-refractivity contribution in [2.45, 2.75) is 167 Å². The van der Waals surface area contributed by atoms with Gasteiger partial charge in [0.1, 0.15) is 18.9 Å². The molecule has 0 aromatic heterocycles. The Morgan fingerprint density at radius 2 is 1.10 bits per heavy atom. The summed E-state index contributed by atoms with van der Waals surface area (Å²) in [7, 11) is 1.32. The largest absolute Gasteiger partial charge is 0.483 e. The normalized spacial score (nSPS) is 14.2. The average molecular weight is 851 g/mol. The lowest BCUT2D eigenvalue weighted by molar-refractivity contribution is -0.870. The number of unbranched alkanes of at least 4 members (excludes halogenated alkanes) is 18. The Labute approximate surface area is 361 Å². The minimum Gasteiger partial charge on any atom is -0.483 e. The molecular formula is C50H77NO8P+. The van der Waals surface area contributed by atoms with Crippen LogP contribution in [0.15, 0.2) is 54.6 Å². The van der Waals surface area contributed by atoms with Crippen LogP contribution in [0.3, 0.4) is 0 Å². The number of ketones is 1. The zero-order valence-electron chi connectivity index (χ0n) is 37.7. The second kappa shape index (κ2) is 26.4. The molecule has 334 valence electrons. The van der Waals surface area contributed by atoms with Gasteiger partial charge in [-0.15, -0.1) is 0 Å². The Morgan fingerprint density at radius 1 is 0.617 bits per heavy atom. The first-order chi connectivity index (χ1) is 28.9. The van der Waals surface area contributed by atoms with Gasteiger partial charge < -0.3 is 18.9 Å². The van der Waals surface area contributed by atoms with Crippen molar-refractivity contribution in [1.29, 1.82) is 0 Å². The number of carbonyl (C=O) groups is 2. The van der Waals surface area contributed by atoms with E-state index in [-0.39, 0.29) is 25.2 Å². The van der Waals surface area contributed by atoms with Crippen molar-refractivity contribution in [1.82, 2.24) is 0 Å². The van der Waals surface area contributed by atoms with E-state index in [1.807, 2.05) is 51.5 Å². The molecule has 0 heterocycles. The smallest absolute Gasteiger partial charge is 0.472 e. The second-order valence-electron chi connectivity index (χ2n) is 17.9. The summed E-state index contributed by atoms with van der Waals surface area (Å²) in [6.45, 7) is 4.41. The van der Waals surface area contributed by atoms with Crippen molar-refractivity contribution in [2.24, 2.45) is 0 Å². The summed E-state index contributed by atoms with van der Waals surface area (Å²) in [5.41, 5.74) is 0. The summed E-state index contributed by atoms with van der Waals surface area (Å²) in [6, 6.07) is 18.3. The van der Waals surface area contributed by atoms with Crippen LogP contribution in [-0.2, 0) is 27.9 Å². The summed E-state index contributed by atoms with van der Waals surface area (Å²) in [6.07, 6.45) is 20.6. The minimum absolute atomic E-state index is 0.00739. The van der Waals surface area contributed by atoms with E-state index in [4.69, 9.17) is 18.5 Å². The summed E-state index contributed by atoms with van der Waals surface area (Å²) in [5.74, 6) is -0.298. The predicted octanol–water partition coefficient (Wildman–Crippen LogP) is 13.3. The number of phosphoric acid groups is 1. The van der Waals surface area contributed by atoms with E-state index in [1.165, 1.54) is 77.0 Å². The van der Waals surface area contributed by atoms with Gasteiger partial charge >= 0.3 is 13.8 Å². The lowest BCUT2D eigenvalue weighted by atomic mass is 9.94. The van der Waals surface area contributed by atoms with Crippen LogP contribution in [0.2, 0.25) is 0 Å². The summed E-state index contributed by atoms with van der Waals surface area (Å²) < 4.78 is 37.5. The molecule has 3 atom stereocenters. The Bertz CT molecular complexity index is 1870. The van der Waals surface area contributed by atoms with Crippen molar-refractivity contribution in [3.8, 4) is 5.75 Å². The molecule has 4 aromatic carbocycles. The van der Waals surface area contributed by atoms with E-state index in [9.17, 15) is 19.0 Å². The molecule has 0 amide bonds. The third kappa shape index (κ3) is 17.4. The van der Waals surface area contributed by atoms with Crippen LogP contribution in [0, 0.1) is 0 Å². The van der Waals surface area contributed by atoms with Gasteiger partial charge in [0.2, 0.25) is 0 Å². The van der Waals surface area contributed by atoms with Crippen LogP contribution in [0.25, 0.3) is 32.3 Å². The maximum atomic E-state index is 14.2. The second-order valence-corrected chi connectivity index (χ2v) is 19.4. The van der Waals surface area contributed by atoms with Crippen LogP contribution in [0.5, 0.6) is 5.75 Å². The Balaban J connectivity index is 1.49. The molecule has 0 saturated heterocycles. The fourth-order valence-corrected chi connectivity index (χ4v) is 8.75. The molecule has 0 aliphatic carbocycles. The van der Waals surface area contributed by atoms with Crippen molar-refractivity contribution < 1.29 is 42.1 Å². The molecule has 0 aliphatic rings. The summed E-state index contributed by atoms with van der Waals surface area (Å²) >= 11 is 0. The van der Waals surface area contributed by atoms with Crippen LogP contribution in [-0.4, -0.2) is 74.2 Å². The number of carbonyl (C=O) groups excluding carboxylic acids is 2. The van der Waals surface area contributed by atoms with Crippen molar-refractivity contribution in [3.63, 3.8) is 0 Å². The molecule has 0 spiro atoms. The van der Waals surface area contributed by atoms with Crippen molar-refractivity contribution in [3.05, 3.63) is 54.6 Å². The number of quaternary nitrogens is 1. The first-order valence-corrected chi connectivity index (χ1v) is 24.9. The number of esters is 1. The summed E-state index contributed by atoms with van der Waals surface area (Å²) in [5, 5.41) is 6.18. The Kier molecular flexibility index (Phi) is 21.8. The molecule has 4 rings (SSSR count). The topological polar surface area (TPSA) is 108 Å². The van der Waals surface area contributed by atoms with Gasteiger partial charge in [0.05, 0.1) is 27.7 Å². The highest BCUT2D eigenvalue weighted by Crippen LogP contribution is 2.44. The van der Waals surface area contributed by atoms with Gasteiger partial charge in [-0.1, -0.05) is 172 Å². The molecule has 0 fully saturated rings. The number of nitrogens with zero attached hydrogens (tertiary/aromatic N) is 1. The standard InChI is InChI=1S/C50H76NO8P/c1-6-8-10-12-14-15-16-17-18-19-21-23-25-30-47(53)59-50(44(52)29-24-22-20-13-11-9-7-2)46(39-57-60(54,55)56-38-37-51(3,4)5)58-45-36-34-42-32-31-40-27-26-28-41-33-35-43(45)49(42)48(40)41/h26-28,31-36,46,50H,6-25,29-30,37-39H2,1-5H3/p+1/t46-,50?/m0/s1. The average Bonchev–Trinajstić information content (AvgIpc) is 3.21. The number of likely N-dealkylation sites (N-methyl/N-ethyl adjacent to an activating group) is 1. The van der Waals surface area contributed by atoms with Gasteiger partial charge in [0.15, 0.2) is 18.0 Å². The third-order valence-corrected chi connectivity index (χ3v) is 12.6. The number of ether oxygens (including phenoxy) is 2.